The fourth-order valence-electron chi connectivity index (χ4n) is 1.85. The molecule has 1 aromatic heterocycles. The molecule has 0 aliphatic rings. The minimum atomic E-state index is -3.50. The smallest absolute Gasteiger partial charge is 0.244 e. The Morgan fingerprint density at radius 2 is 2.04 bits per heavy atom. The molecule has 9 heteroatoms. The molecule has 0 atom stereocenters. The highest BCUT2D eigenvalue weighted by Crippen LogP contribution is 2.20. The monoisotopic (exact) mass is 381 g/mol. The SMILES string of the molecule is COc1cccc(NC(=O)CSc2ccc(S(=O)(=O)N(C)C)cn2)c1. The van der Waals surface area contributed by atoms with Gasteiger partial charge in [-0.2, -0.15) is 0 Å². The van der Waals surface area contributed by atoms with Crippen molar-refractivity contribution in [3.63, 3.8) is 0 Å². The van der Waals surface area contributed by atoms with Gasteiger partial charge in [-0.25, -0.2) is 17.7 Å². The lowest BCUT2D eigenvalue weighted by molar-refractivity contribution is -0.113. The number of sulfonamides is 1. The van der Waals surface area contributed by atoms with Crippen molar-refractivity contribution in [2.75, 3.05) is 32.3 Å². The molecule has 1 aromatic carbocycles. The number of rotatable bonds is 7. The third-order valence-electron chi connectivity index (χ3n) is 3.19. The summed E-state index contributed by atoms with van der Waals surface area (Å²) in [7, 11) is 0.975. The van der Waals surface area contributed by atoms with Crippen LogP contribution in [-0.2, 0) is 14.8 Å². The highest BCUT2D eigenvalue weighted by atomic mass is 32.2. The maximum absolute atomic E-state index is 12.0. The Morgan fingerprint density at radius 1 is 1.28 bits per heavy atom. The van der Waals surface area contributed by atoms with Crippen molar-refractivity contribution in [2.24, 2.45) is 0 Å². The van der Waals surface area contributed by atoms with Crippen molar-refractivity contribution in [3.8, 4) is 5.75 Å². The number of nitrogens with zero attached hydrogens (tertiary/aromatic N) is 2. The van der Waals surface area contributed by atoms with Crippen LogP contribution in [0.25, 0.3) is 0 Å². The summed E-state index contributed by atoms with van der Waals surface area (Å²) < 4.78 is 30.2. The third kappa shape index (κ3) is 5.18. The lowest BCUT2D eigenvalue weighted by Gasteiger charge is -2.11. The predicted molar refractivity (Wildman–Crippen MR) is 97.5 cm³/mol. The van der Waals surface area contributed by atoms with E-state index in [-0.39, 0.29) is 16.6 Å². The Morgan fingerprint density at radius 3 is 2.64 bits per heavy atom. The van der Waals surface area contributed by atoms with E-state index in [4.69, 9.17) is 4.74 Å². The zero-order chi connectivity index (χ0) is 18.4. The Hall–Kier alpha value is -2.10. The highest BCUT2D eigenvalue weighted by Gasteiger charge is 2.17. The largest absolute Gasteiger partial charge is 0.497 e. The van der Waals surface area contributed by atoms with E-state index in [0.717, 1.165) is 4.31 Å². The lowest BCUT2D eigenvalue weighted by Crippen LogP contribution is -2.22. The molecule has 0 radical (unpaired) electrons. The zero-order valence-electron chi connectivity index (χ0n) is 14.1. The predicted octanol–water partition coefficient (Wildman–Crippen LogP) is 2.07. The molecule has 7 nitrogen and oxygen atoms in total. The van der Waals surface area contributed by atoms with Gasteiger partial charge < -0.3 is 10.1 Å². The van der Waals surface area contributed by atoms with E-state index < -0.39 is 10.0 Å². The number of hydrogen-bond acceptors (Lipinski definition) is 6. The average Bonchev–Trinajstić information content (AvgIpc) is 2.60. The standard InChI is InChI=1S/C16H19N3O4S2/c1-19(2)25(21,22)14-7-8-16(17-10-14)24-11-15(20)18-12-5-4-6-13(9-12)23-3/h4-10H,11H2,1-3H3,(H,18,20). The van der Waals surface area contributed by atoms with Gasteiger partial charge in [0.1, 0.15) is 10.6 Å². The molecule has 0 saturated carbocycles. The molecule has 2 aromatic rings. The van der Waals surface area contributed by atoms with E-state index in [0.29, 0.717) is 16.5 Å². The molecular formula is C16H19N3O4S2. The van der Waals surface area contributed by atoms with Gasteiger partial charge >= 0.3 is 0 Å². The molecule has 25 heavy (non-hydrogen) atoms. The number of benzene rings is 1. The summed E-state index contributed by atoms with van der Waals surface area (Å²) in [6.07, 6.45) is 1.29. The molecular weight excluding hydrogens is 362 g/mol. The maximum Gasteiger partial charge on any atom is 0.244 e. The van der Waals surface area contributed by atoms with Crippen molar-refractivity contribution in [1.82, 2.24) is 9.29 Å². The molecule has 1 heterocycles. The number of thioether (sulfide) groups is 1. The van der Waals surface area contributed by atoms with Crippen LogP contribution < -0.4 is 10.1 Å². The van der Waals surface area contributed by atoms with Gasteiger partial charge in [0, 0.05) is 32.0 Å². The van der Waals surface area contributed by atoms with Crippen LogP contribution in [0.1, 0.15) is 0 Å². The normalized spacial score (nSPS) is 11.4. The van der Waals surface area contributed by atoms with Gasteiger partial charge in [0.15, 0.2) is 0 Å². The van der Waals surface area contributed by atoms with Gasteiger partial charge in [0.25, 0.3) is 0 Å². The molecule has 0 saturated heterocycles. The van der Waals surface area contributed by atoms with Crippen LogP contribution in [0.5, 0.6) is 5.75 Å². The second kappa shape index (κ2) is 8.32. The minimum absolute atomic E-state index is 0.114. The van der Waals surface area contributed by atoms with Crippen LogP contribution >= 0.6 is 11.8 Å². The summed E-state index contributed by atoms with van der Waals surface area (Å²) in [6.45, 7) is 0. The van der Waals surface area contributed by atoms with Crippen molar-refractivity contribution >= 4 is 33.4 Å². The lowest BCUT2D eigenvalue weighted by atomic mass is 10.3. The molecule has 0 aliphatic heterocycles. The Bertz CT molecular complexity index is 837. The van der Waals surface area contributed by atoms with Crippen LogP contribution in [0.4, 0.5) is 5.69 Å². The van der Waals surface area contributed by atoms with E-state index in [1.807, 2.05) is 0 Å². The maximum atomic E-state index is 12.0. The number of anilines is 1. The number of carbonyl (C=O) groups excluding carboxylic acids is 1. The molecule has 0 aliphatic carbocycles. The van der Waals surface area contributed by atoms with Gasteiger partial charge in [-0.15, -0.1) is 0 Å². The summed E-state index contributed by atoms with van der Waals surface area (Å²) in [5, 5.41) is 3.34. The number of hydrogen-bond donors (Lipinski definition) is 1. The van der Waals surface area contributed by atoms with E-state index in [1.165, 1.54) is 38.1 Å². The van der Waals surface area contributed by atoms with Crippen LogP contribution in [0, 0.1) is 0 Å². The van der Waals surface area contributed by atoms with Gasteiger partial charge in [-0.3, -0.25) is 4.79 Å². The summed E-state index contributed by atoms with van der Waals surface area (Å²) in [6, 6.07) is 10.1. The van der Waals surface area contributed by atoms with E-state index in [2.05, 4.69) is 10.3 Å². The Labute approximate surface area is 151 Å². The first kappa shape index (κ1) is 19.2. The van der Waals surface area contributed by atoms with Crippen molar-refractivity contribution in [1.29, 1.82) is 0 Å². The van der Waals surface area contributed by atoms with Crippen molar-refractivity contribution in [2.45, 2.75) is 9.92 Å². The van der Waals surface area contributed by atoms with E-state index >= 15 is 0 Å². The molecule has 0 bridgehead atoms. The number of pyridine rings is 1. The number of methoxy groups -OCH3 is 1. The van der Waals surface area contributed by atoms with Crippen molar-refractivity contribution < 1.29 is 17.9 Å². The molecule has 1 N–H and O–H groups in total. The highest BCUT2D eigenvalue weighted by molar-refractivity contribution is 7.99. The fourth-order valence-corrected chi connectivity index (χ4v) is 3.34. The first-order valence-corrected chi connectivity index (χ1v) is 9.71. The second-order valence-corrected chi connectivity index (χ2v) is 8.34. The zero-order valence-corrected chi connectivity index (χ0v) is 15.7. The fraction of sp³-hybridized carbons (Fsp3) is 0.250. The van der Waals surface area contributed by atoms with Gasteiger partial charge in [0.2, 0.25) is 15.9 Å². The van der Waals surface area contributed by atoms with Gasteiger partial charge in [-0.05, 0) is 24.3 Å². The molecule has 1 amide bonds. The molecule has 0 unspecified atom stereocenters. The van der Waals surface area contributed by atoms with Crippen LogP contribution in [0.2, 0.25) is 0 Å². The van der Waals surface area contributed by atoms with Crippen LogP contribution in [-0.4, -0.2) is 50.6 Å². The Kier molecular flexibility index (Phi) is 6.40. The molecule has 0 spiro atoms. The number of ether oxygens (including phenoxy) is 1. The second-order valence-electron chi connectivity index (χ2n) is 5.19. The van der Waals surface area contributed by atoms with Crippen LogP contribution in [0.3, 0.4) is 0 Å². The first-order valence-electron chi connectivity index (χ1n) is 7.28. The minimum Gasteiger partial charge on any atom is -0.497 e. The van der Waals surface area contributed by atoms with E-state index in [1.54, 1.807) is 37.4 Å². The Balaban J connectivity index is 1.93. The number of nitrogens with one attached hydrogen (secondary N) is 1. The topological polar surface area (TPSA) is 88.6 Å². The molecule has 0 fully saturated rings. The summed E-state index contributed by atoms with van der Waals surface area (Å²) in [5.41, 5.74) is 0.644. The average molecular weight is 381 g/mol. The third-order valence-corrected chi connectivity index (χ3v) is 5.93. The first-order chi connectivity index (χ1) is 11.8. The van der Waals surface area contributed by atoms with Gasteiger partial charge in [-0.1, -0.05) is 17.8 Å². The number of aromatic nitrogens is 1. The van der Waals surface area contributed by atoms with E-state index in [9.17, 15) is 13.2 Å². The van der Waals surface area contributed by atoms with Crippen molar-refractivity contribution in [3.05, 3.63) is 42.6 Å². The summed E-state index contributed by atoms with van der Waals surface area (Å²) >= 11 is 1.22. The number of carbonyl (C=O) groups is 1. The summed E-state index contributed by atoms with van der Waals surface area (Å²) in [4.78, 5) is 16.2. The quantitative estimate of drug-likeness (QED) is 0.739. The summed E-state index contributed by atoms with van der Waals surface area (Å²) in [5.74, 6) is 0.624. The molecule has 134 valence electrons. The molecule has 2 rings (SSSR count). The van der Waals surface area contributed by atoms with Crippen LogP contribution in [0.15, 0.2) is 52.5 Å². The number of amides is 1. The van der Waals surface area contributed by atoms with Gasteiger partial charge in [0.05, 0.1) is 17.9 Å².